The lowest BCUT2D eigenvalue weighted by Gasteiger charge is -1.62. The maximum atomic E-state index is 3.79. The second-order valence-corrected chi connectivity index (χ2v) is 1.69. The summed E-state index contributed by atoms with van der Waals surface area (Å²) in [5.74, 6) is 0. The van der Waals surface area contributed by atoms with Crippen molar-refractivity contribution in [3.63, 3.8) is 0 Å². The van der Waals surface area contributed by atoms with Crippen molar-refractivity contribution in [1.82, 2.24) is 0 Å². The molecule has 0 N–H and O–H groups in total. The summed E-state index contributed by atoms with van der Waals surface area (Å²) in [6.45, 7) is 0. The van der Waals surface area contributed by atoms with Crippen LogP contribution < -0.4 is 0 Å². The third-order valence-electron chi connectivity index (χ3n) is 0.406. The molecule has 1 nitrogen and oxygen atoms in total. The van der Waals surface area contributed by atoms with Gasteiger partial charge in [0.1, 0.15) is 0 Å². The van der Waals surface area contributed by atoms with E-state index >= 15 is 0 Å². The van der Waals surface area contributed by atoms with Crippen LogP contribution in [0.3, 0.4) is 0 Å². The minimum atomic E-state index is 0.836. The Bertz CT molecular complexity index is 65.0. The van der Waals surface area contributed by atoms with Gasteiger partial charge in [-0.25, -0.2) is 11.8 Å². The first kappa shape index (κ1) is 2.97. The van der Waals surface area contributed by atoms with Gasteiger partial charge in [0.05, 0.1) is 0 Å². The molecule has 1 rings (SSSR count). The van der Waals surface area contributed by atoms with Crippen LogP contribution in [0.1, 0.15) is 0 Å². The minimum absolute atomic E-state index is 0.836. The largest absolute Gasteiger partial charge is 0.259 e. The van der Waals surface area contributed by atoms with Crippen molar-refractivity contribution in [2.75, 3.05) is 0 Å². The second-order valence-electron chi connectivity index (χ2n) is 0.761. The quantitative estimate of drug-likeness (QED) is 0.412. The highest BCUT2D eigenvalue weighted by Gasteiger charge is 1.69. The van der Waals surface area contributed by atoms with Crippen LogP contribution in [0, 0.1) is 0 Å². The van der Waals surface area contributed by atoms with Gasteiger partial charge in [0.15, 0.2) is 0 Å². The molecule has 0 aromatic rings. The molecule has 1 heterocycles. The molecule has 0 aromatic heterocycles. The summed E-state index contributed by atoms with van der Waals surface area (Å²) in [5.41, 5.74) is 1.90. The van der Waals surface area contributed by atoms with Crippen LogP contribution in [0.15, 0.2) is 16.6 Å². The first-order chi connectivity index (χ1) is 2.50. The molecule has 0 atom stereocenters. The van der Waals surface area contributed by atoms with E-state index in [0.717, 1.165) is 11.8 Å². The van der Waals surface area contributed by atoms with Crippen LogP contribution in [0.5, 0.6) is 0 Å². The van der Waals surface area contributed by atoms with Gasteiger partial charge in [0, 0.05) is 11.7 Å². The SMILES string of the molecule is C1=C[SH2]C=N1. The molecule has 2 heteroatoms. The molecule has 0 saturated heterocycles. The first-order valence-corrected chi connectivity index (χ1v) is 2.58. The molecular formula is C3H5NS. The summed E-state index contributed by atoms with van der Waals surface area (Å²) >= 11 is 0.836. The average Bonchev–Trinajstić information content (AvgIpc) is 1.76. The Morgan fingerprint density at radius 2 is 2.60 bits per heavy atom. The molecule has 1 aliphatic heterocycles. The lowest BCUT2D eigenvalue weighted by atomic mass is 11.1. The summed E-state index contributed by atoms with van der Waals surface area (Å²) in [6.07, 6.45) is 1.82. The van der Waals surface area contributed by atoms with Gasteiger partial charge >= 0.3 is 0 Å². The van der Waals surface area contributed by atoms with E-state index < -0.39 is 0 Å². The van der Waals surface area contributed by atoms with Gasteiger partial charge in [-0.1, -0.05) is 0 Å². The average molecular weight is 87.1 g/mol. The summed E-state index contributed by atoms with van der Waals surface area (Å²) in [7, 11) is 0. The van der Waals surface area contributed by atoms with Crippen molar-refractivity contribution < 1.29 is 0 Å². The van der Waals surface area contributed by atoms with Crippen LogP contribution in [-0.2, 0) is 0 Å². The first-order valence-electron chi connectivity index (χ1n) is 1.43. The van der Waals surface area contributed by atoms with E-state index in [0.29, 0.717) is 0 Å². The van der Waals surface area contributed by atoms with Crippen LogP contribution in [0.2, 0.25) is 0 Å². The number of hydrogen-bond acceptors (Lipinski definition) is 1. The Morgan fingerprint density at radius 3 is 2.80 bits per heavy atom. The predicted molar refractivity (Wildman–Crippen MR) is 28.0 cm³/mol. The Labute approximate surface area is 34.8 Å². The van der Waals surface area contributed by atoms with Crippen LogP contribution in [0.4, 0.5) is 0 Å². The van der Waals surface area contributed by atoms with Crippen LogP contribution in [0.25, 0.3) is 0 Å². The molecular weight excluding hydrogens is 82.1 g/mol. The molecule has 0 aliphatic carbocycles. The molecule has 0 radical (unpaired) electrons. The summed E-state index contributed by atoms with van der Waals surface area (Å²) in [5, 5.41) is 2.04. The lowest BCUT2D eigenvalue weighted by molar-refractivity contribution is 1.65. The zero-order valence-electron chi connectivity index (χ0n) is 2.68. The standard InChI is InChI=1S/C3H5NS/c1-2-5-3-4-1/h1-3H,5H2. The molecule has 0 fully saturated rings. The van der Waals surface area contributed by atoms with Crippen molar-refractivity contribution in [2.45, 2.75) is 0 Å². The van der Waals surface area contributed by atoms with E-state index in [-0.39, 0.29) is 0 Å². The van der Waals surface area contributed by atoms with Gasteiger partial charge in [-0.3, -0.25) is 4.99 Å². The lowest BCUT2D eigenvalue weighted by Crippen LogP contribution is -1.37. The molecule has 1 aliphatic rings. The van der Waals surface area contributed by atoms with Gasteiger partial charge in [-0.15, -0.1) is 0 Å². The Hall–Kier alpha value is -0.240. The van der Waals surface area contributed by atoms with Crippen molar-refractivity contribution in [3.8, 4) is 0 Å². The van der Waals surface area contributed by atoms with Crippen LogP contribution >= 0.6 is 11.8 Å². The third-order valence-corrected chi connectivity index (χ3v) is 1.05. The number of aliphatic imine (C=N–C) groups is 1. The van der Waals surface area contributed by atoms with E-state index in [1.54, 1.807) is 0 Å². The van der Waals surface area contributed by atoms with Crippen molar-refractivity contribution in [3.05, 3.63) is 11.6 Å². The fourth-order valence-corrected chi connectivity index (χ4v) is 0.645. The Morgan fingerprint density at radius 1 is 1.60 bits per heavy atom. The summed E-state index contributed by atoms with van der Waals surface area (Å²) in [4.78, 5) is 3.79. The van der Waals surface area contributed by atoms with Gasteiger partial charge in [-0.05, 0) is 5.41 Å². The van der Waals surface area contributed by atoms with Gasteiger partial charge < -0.3 is 0 Å². The highest BCUT2D eigenvalue weighted by molar-refractivity contribution is 8.14. The number of nitrogens with zero attached hydrogens (tertiary/aromatic N) is 1. The molecule has 0 bridgehead atoms. The second kappa shape index (κ2) is 1.26. The molecule has 0 aromatic carbocycles. The minimum Gasteiger partial charge on any atom is -0.259 e. The highest BCUT2D eigenvalue weighted by Crippen LogP contribution is 2.02. The predicted octanol–water partition coefficient (Wildman–Crippen LogP) is 0.697. The van der Waals surface area contributed by atoms with Crippen molar-refractivity contribution >= 4 is 17.3 Å². The highest BCUT2D eigenvalue weighted by atomic mass is 32.2. The number of hydrogen-bond donors (Lipinski definition) is 0. The van der Waals surface area contributed by atoms with E-state index in [4.69, 9.17) is 0 Å². The molecule has 0 spiro atoms. The van der Waals surface area contributed by atoms with E-state index in [1.165, 1.54) is 0 Å². The molecule has 0 amide bonds. The van der Waals surface area contributed by atoms with Crippen molar-refractivity contribution in [1.29, 1.82) is 0 Å². The normalized spacial score (nSPS) is 25.6. The number of rotatable bonds is 0. The maximum Gasteiger partial charge on any atom is 0.0410 e. The summed E-state index contributed by atoms with van der Waals surface area (Å²) in [6, 6.07) is 0. The van der Waals surface area contributed by atoms with Crippen molar-refractivity contribution in [2.24, 2.45) is 4.99 Å². The maximum absolute atomic E-state index is 3.79. The van der Waals surface area contributed by atoms with Gasteiger partial charge in [-0.2, -0.15) is 0 Å². The zero-order valence-corrected chi connectivity index (χ0v) is 3.68. The smallest absolute Gasteiger partial charge is 0.0410 e. The molecule has 28 valence electrons. The van der Waals surface area contributed by atoms with E-state index in [2.05, 4.69) is 4.99 Å². The topological polar surface area (TPSA) is 12.4 Å². The fraction of sp³-hybridized carbons (Fsp3) is 0. The van der Waals surface area contributed by atoms with E-state index in [1.807, 2.05) is 17.2 Å². The molecule has 0 saturated carbocycles. The molecule has 0 unspecified atom stereocenters. The third kappa shape index (κ3) is 0.514. The summed E-state index contributed by atoms with van der Waals surface area (Å²) < 4.78 is 0. The van der Waals surface area contributed by atoms with Gasteiger partial charge in [0.2, 0.25) is 0 Å². The zero-order chi connectivity index (χ0) is 3.54. The molecule has 5 heavy (non-hydrogen) atoms. The Balaban J connectivity index is 2.61. The van der Waals surface area contributed by atoms with Crippen LogP contribution in [-0.4, -0.2) is 5.55 Å². The monoisotopic (exact) mass is 87.0 g/mol. The van der Waals surface area contributed by atoms with Gasteiger partial charge in [0.25, 0.3) is 0 Å². The van der Waals surface area contributed by atoms with E-state index in [9.17, 15) is 0 Å². The fourth-order valence-electron chi connectivity index (χ4n) is 0.215. The Kier molecular flexibility index (Phi) is 0.751.